The van der Waals surface area contributed by atoms with Gasteiger partial charge in [-0.05, 0) is 37.9 Å². The minimum absolute atomic E-state index is 0.124. The van der Waals surface area contributed by atoms with Crippen molar-refractivity contribution in [2.45, 2.75) is 42.2 Å². The first-order valence-corrected chi connectivity index (χ1v) is 10.4. The molecule has 0 saturated carbocycles. The summed E-state index contributed by atoms with van der Waals surface area (Å²) in [5.41, 5.74) is 2.50. The molecule has 0 aliphatic carbocycles. The Morgan fingerprint density at radius 3 is 2.78 bits per heavy atom. The molecule has 1 saturated heterocycles. The zero-order valence-corrected chi connectivity index (χ0v) is 16.8. The molecule has 4 heterocycles. The van der Waals surface area contributed by atoms with E-state index in [1.165, 1.54) is 29.5 Å². The normalized spacial score (nSPS) is 14.4. The van der Waals surface area contributed by atoms with Crippen LogP contribution in [-0.4, -0.2) is 42.4 Å². The number of hydrogen-bond acceptors (Lipinski definition) is 8. The highest BCUT2D eigenvalue weighted by Gasteiger charge is 2.23. The number of aromatic nitrogens is 6. The van der Waals surface area contributed by atoms with Gasteiger partial charge in [-0.25, -0.2) is 4.98 Å². The fraction of sp³-hybridized carbons (Fsp3) is 0.471. The molecule has 0 unspecified atom stereocenters. The van der Waals surface area contributed by atoms with E-state index in [-0.39, 0.29) is 5.56 Å². The number of piperidine rings is 1. The van der Waals surface area contributed by atoms with Crippen molar-refractivity contribution in [1.82, 2.24) is 29.3 Å². The van der Waals surface area contributed by atoms with Crippen LogP contribution in [0, 0.1) is 11.8 Å². The minimum atomic E-state index is -0.124. The van der Waals surface area contributed by atoms with Crippen molar-refractivity contribution in [3.8, 4) is 11.8 Å². The molecule has 3 aromatic rings. The second-order valence-corrected chi connectivity index (χ2v) is 8.26. The highest BCUT2D eigenvalue weighted by atomic mass is 32.2. The Labute approximate surface area is 164 Å². The van der Waals surface area contributed by atoms with E-state index in [9.17, 15) is 4.79 Å². The standard InChI is InChI=1S/C17H19N7OS2/c1-3-4-10-24-12-13(19-15(24)23-8-6-5-7-9-23)20-16(22(2)14(12)25)27-17-21-18-11-26-17/h11H,5-10H2,1-2H3. The minimum Gasteiger partial charge on any atom is -0.342 e. The molecule has 1 aliphatic heterocycles. The van der Waals surface area contributed by atoms with Crippen molar-refractivity contribution in [2.24, 2.45) is 7.05 Å². The Morgan fingerprint density at radius 1 is 1.26 bits per heavy atom. The van der Waals surface area contributed by atoms with Crippen LogP contribution < -0.4 is 10.5 Å². The van der Waals surface area contributed by atoms with Crippen LogP contribution in [0.3, 0.4) is 0 Å². The zero-order chi connectivity index (χ0) is 18.8. The number of nitrogens with zero attached hydrogens (tertiary/aromatic N) is 7. The lowest BCUT2D eigenvalue weighted by Gasteiger charge is -2.27. The third kappa shape index (κ3) is 3.44. The Kier molecular flexibility index (Phi) is 5.13. The lowest BCUT2D eigenvalue weighted by atomic mass is 10.1. The summed E-state index contributed by atoms with van der Waals surface area (Å²) in [7, 11) is 1.72. The number of anilines is 1. The lowest BCUT2D eigenvalue weighted by Crippen LogP contribution is -2.32. The summed E-state index contributed by atoms with van der Waals surface area (Å²) in [6.07, 6.45) is 3.49. The molecule has 4 rings (SSSR count). The molecule has 27 heavy (non-hydrogen) atoms. The van der Waals surface area contributed by atoms with Gasteiger partial charge < -0.3 is 4.90 Å². The molecule has 0 amide bonds. The maximum atomic E-state index is 13.1. The molecule has 3 aromatic heterocycles. The number of hydrogen-bond donors (Lipinski definition) is 0. The van der Waals surface area contributed by atoms with Gasteiger partial charge in [0.1, 0.15) is 5.51 Å². The summed E-state index contributed by atoms with van der Waals surface area (Å²) < 4.78 is 4.20. The Bertz CT molecular complexity index is 1070. The number of rotatable bonds is 4. The maximum Gasteiger partial charge on any atom is 0.280 e. The third-order valence-corrected chi connectivity index (χ3v) is 6.32. The third-order valence-electron chi connectivity index (χ3n) is 4.50. The number of imidazole rings is 1. The van der Waals surface area contributed by atoms with Crippen LogP contribution in [0.2, 0.25) is 0 Å². The van der Waals surface area contributed by atoms with Crippen molar-refractivity contribution in [2.75, 3.05) is 18.0 Å². The van der Waals surface area contributed by atoms with Crippen LogP contribution in [0.4, 0.5) is 5.95 Å². The Morgan fingerprint density at radius 2 is 2.07 bits per heavy atom. The molecule has 1 fully saturated rings. The predicted molar refractivity (Wildman–Crippen MR) is 106 cm³/mol. The van der Waals surface area contributed by atoms with Gasteiger partial charge in [0.15, 0.2) is 20.7 Å². The molecule has 0 atom stereocenters. The maximum absolute atomic E-state index is 13.1. The second kappa shape index (κ2) is 7.70. The zero-order valence-electron chi connectivity index (χ0n) is 15.2. The van der Waals surface area contributed by atoms with Gasteiger partial charge in [-0.1, -0.05) is 17.3 Å². The molecule has 1 aliphatic rings. The summed E-state index contributed by atoms with van der Waals surface area (Å²) in [4.78, 5) is 24.7. The van der Waals surface area contributed by atoms with Crippen molar-refractivity contribution in [3.05, 3.63) is 15.9 Å². The molecule has 0 bridgehead atoms. The van der Waals surface area contributed by atoms with Crippen molar-refractivity contribution < 1.29 is 0 Å². The first kappa shape index (κ1) is 18.0. The Balaban J connectivity index is 1.86. The van der Waals surface area contributed by atoms with E-state index in [0.717, 1.165) is 36.2 Å². The highest BCUT2D eigenvalue weighted by molar-refractivity contribution is 8.00. The molecular weight excluding hydrogens is 382 g/mol. The summed E-state index contributed by atoms with van der Waals surface area (Å²) in [5.74, 6) is 6.77. The van der Waals surface area contributed by atoms with Gasteiger partial charge >= 0.3 is 0 Å². The van der Waals surface area contributed by atoms with Gasteiger partial charge in [0, 0.05) is 20.1 Å². The fourth-order valence-electron chi connectivity index (χ4n) is 3.15. The first-order valence-electron chi connectivity index (χ1n) is 8.75. The van der Waals surface area contributed by atoms with Gasteiger partial charge in [0.25, 0.3) is 5.56 Å². The second-order valence-electron chi connectivity index (χ2n) is 6.21. The predicted octanol–water partition coefficient (Wildman–Crippen LogP) is 2.15. The molecule has 0 radical (unpaired) electrons. The van der Waals surface area contributed by atoms with Crippen LogP contribution in [0.1, 0.15) is 26.2 Å². The van der Waals surface area contributed by atoms with Crippen LogP contribution >= 0.6 is 23.1 Å². The van der Waals surface area contributed by atoms with E-state index in [0.29, 0.717) is 22.9 Å². The van der Waals surface area contributed by atoms with Crippen LogP contribution in [0.25, 0.3) is 11.2 Å². The highest BCUT2D eigenvalue weighted by Crippen LogP contribution is 2.28. The lowest BCUT2D eigenvalue weighted by molar-refractivity contribution is 0.561. The monoisotopic (exact) mass is 401 g/mol. The number of fused-ring (bicyclic) bond motifs is 1. The molecule has 0 spiro atoms. The topological polar surface area (TPSA) is 81.7 Å². The van der Waals surface area contributed by atoms with E-state index in [2.05, 4.69) is 31.9 Å². The summed E-state index contributed by atoms with van der Waals surface area (Å²) in [5, 5.41) is 8.42. The average molecular weight is 402 g/mol. The van der Waals surface area contributed by atoms with E-state index < -0.39 is 0 Å². The summed E-state index contributed by atoms with van der Waals surface area (Å²) in [6, 6.07) is 0. The quantitative estimate of drug-likeness (QED) is 0.489. The average Bonchev–Trinajstić information content (AvgIpc) is 3.32. The summed E-state index contributed by atoms with van der Waals surface area (Å²) >= 11 is 2.74. The van der Waals surface area contributed by atoms with Crippen LogP contribution in [0.15, 0.2) is 19.8 Å². The molecular formula is C17H19N7OS2. The van der Waals surface area contributed by atoms with Crippen LogP contribution in [0.5, 0.6) is 0 Å². The van der Waals surface area contributed by atoms with Crippen molar-refractivity contribution in [3.63, 3.8) is 0 Å². The van der Waals surface area contributed by atoms with Gasteiger partial charge in [-0.3, -0.25) is 13.9 Å². The van der Waals surface area contributed by atoms with Gasteiger partial charge in [0.05, 0.1) is 6.54 Å². The van der Waals surface area contributed by atoms with Gasteiger partial charge in [-0.2, -0.15) is 4.98 Å². The van der Waals surface area contributed by atoms with Crippen molar-refractivity contribution in [1.29, 1.82) is 0 Å². The SMILES string of the molecule is CC#CCn1c(N2CCCCC2)nc2nc(Sc3nncs3)n(C)c(=O)c21. The first-order chi connectivity index (χ1) is 13.2. The smallest absolute Gasteiger partial charge is 0.280 e. The summed E-state index contributed by atoms with van der Waals surface area (Å²) in [6.45, 7) is 4.11. The molecule has 0 N–H and O–H groups in total. The molecule has 140 valence electrons. The van der Waals surface area contributed by atoms with E-state index in [1.54, 1.807) is 24.0 Å². The molecule has 0 aromatic carbocycles. The van der Waals surface area contributed by atoms with Gasteiger partial charge in [0.2, 0.25) is 5.95 Å². The van der Waals surface area contributed by atoms with Crippen LogP contribution in [-0.2, 0) is 13.6 Å². The Hall–Kier alpha value is -2.38. The molecule has 8 nitrogen and oxygen atoms in total. The fourth-order valence-corrected chi connectivity index (χ4v) is 4.57. The largest absolute Gasteiger partial charge is 0.342 e. The van der Waals surface area contributed by atoms with E-state index in [1.807, 2.05) is 4.57 Å². The van der Waals surface area contributed by atoms with E-state index in [4.69, 9.17) is 4.98 Å². The van der Waals surface area contributed by atoms with Gasteiger partial charge in [-0.15, -0.1) is 16.1 Å². The van der Waals surface area contributed by atoms with Crippen molar-refractivity contribution >= 4 is 40.2 Å². The van der Waals surface area contributed by atoms with E-state index >= 15 is 0 Å². The molecule has 10 heteroatoms.